The summed E-state index contributed by atoms with van der Waals surface area (Å²) in [6.45, 7) is 1.04. The summed E-state index contributed by atoms with van der Waals surface area (Å²) in [6.07, 6.45) is 5.27. The third-order valence-corrected chi connectivity index (χ3v) is 6.94. The zero-order valence-electron chi connectivity index (χ0n) is 18.4. The topological polar surface area (TPSA) is 40.6 Å². The van der Waals surface area contributed by atoms with E-state index in [1.54, 1.807) is 31.1 Å². The van der Waals surface area contributed by atoms with Gasteiger partial charge in [-0.1, -0.05) is 55.3 Å². The van der Waals surface area contributed by atoms with Gasteiger partial charge < -0.3 is 9.80 Å². The van der Waals surface area contributed by atoms with Crippen molar-refractivity contribution in [2.75, 3.05) is 27.2 Å². The molecule has 0 aromatic heterocycles. The summed E-state index contributed by atoms with van der Waals surface area (Å²) in [6, 6.07) is 14.5. The SMILES string of the molecule is CN(C)C(=O)[C@@]1(Cc2ccccc2-c2ccccc2F)CCN(C(=O)C2CCCC2)C1. The fourth-order valence-corrected chi connectivity index (χ4v) is 5.34. The molecule has 2 aromatic rings. The molecule has 4 rings (SSSR count). The molecule has 0 N–H and O–H groups in total. The molecular formula is C26H31FN2O2. The average molecular weight is 423 g/mol. The lowest BCUT2D eigenvalue weighted by molar-refractivity contribution is -0.140. The van der Waals surface area contributed by atoms with Crippen molar-refractivity contribution in [3.05, 3.63) is 59.9 Å². The van der Waals surface area contributed by atoms with E-state index < -0.39 is 5.41 Å². The fraction of sp³-hybridized carbons (Fsp3) is 0.462. The van der Waals surface area contributed by atoms with Crippen LogP contribution in [0.25, 0.3) is 11.1 Å². The molecule has 1 heterocycles. The summed E-state index contributed by atoms with van der Waals surface area (Å²) >= 11 is 0. The van der Waals surface area contributed by atoms with Crippen molar-refractivity contribution in [3.8, 4) is 11.1 Å². The molecule has 5 heteroatoms. The first-order valence-electron chi connectivity index (χ1n) is 11.2. The Labute approximate surface area is 184 Å². The summed E-state index contributed by atoms with van der Waals surface area (Å²) in [7, 11) is 3.54. The molecule has 164 valence electrons. The quantitative estimate of drug-likeness (QED) is 0.710. The second kappa shape index (κ2) is 8.81. The van der Waals surface area contributed by atoms with Crippen LogP contribution < -0.4 is 0 Å². The highest BCUT2D eigenvalue weighted by Crippen LogP contribution is 2.40. The van der Waals surface area contributed by atoms with E-state index in [0.717, 1.165) is 36.8 Å². The number of rotatable bonds is 5. The number of carbonyl (C=O) groups excluding carboxylic acids is 2. The van der Waals surface area contributed by atoms with Gasteiger partial charge in [-0.05, 0) is 42.9 Å². The van der Waals surface area contributed by atoms with Crippen molar-refractivity contribution in [1.82, 2.24) is 9.80 Å². The zero-order valence-corrected chi connectivity index (χ0v) is 18.4. The van der Waals surface area contributed by atoms with Gasteiger partial charge in [0.2, 0.25) is 11.8 Å². The van der Waals surface area contributed by atoms with Gasteiger partial charge in [-0.3, -0.25) is 9.59 Å². The number of benzene rings is 2. The van der Waals surface area contributed by atoms with E-state index in [2.05, 4.69) is 0 Å². The highest BCUT2D eigenvalue weighted by molar-refractivity contribution is 5.86. The summed E-state index contributed by atoms with van der Waals surface area (Å²) in [5.41, 5.74) is 1.62. The van der Waals surface area contributed by atoms with E-state index in [0.29, 0.717) is 31.5 Å². The molecule has 1 atom stereocenters. The molecule has 1 aliphatic carbocycles. The van der Waals surface area contributed by atoms with Crippen molar-refractivity contribution in [2.24, 2.45) is 11.3 Å². The van der Waals surface area contributed by atoms with Crippen LogP contribution in [0.15, 0.2) is 48.5 Å². The Morgan fingerprint density at radius 1 is 1.03 bits per heavy atom. The molecule has 0 unspecified atom stereocenters. The molecule has 2 amide bonds. The van der Waals surface area contributed by atoms with Crippen LogP contribution in [-0.2, 0) is 16.0 Å². The minimum Gasteiger partial charge on any atom is -0.348 e. The van der Waals surface area contributed by atoms with Crippen LogP contribution in [0.5, 0.6) is 0 Å². The minimum atomic E-state index is -0.681. The van der Waals surface area contributed by atoms with Crippen molar-refractivity contribution >= 4 is 11.8 Å². The summed E-state index contributed by atoms with van der Waals surface area (Å²) in [5, 5.41) is 0. The Kier molecular flexibility index (Phi) is 6.12. The second-order valence-electron chi connectivity index (χ2n) is 9.28. The van der Waals surface area contributed by atoms with Crippen LogP contribution in [0.2, 0.25) is 0 Å². The number of amides is 2. The maximum Gasteiger partial charge on any atom is 0.230 e. The molecule has 0 bridgehead atoms. The van der Waals surface area contributed by atoms with Gasteiger partial charge in [0, 0.05) is 38.7 Å². The van der Waals surface area contributed by atoms with E-state index >= 15 is 0 Å². The smallest absolute Gasteiger partial charge is 0.230 e. The van der Waals surface area contributed by atoms with Crippen LogP contribution in [0.3, 0.4) is 0 Å². The van der Waals surface area contributed by atoms with E-state index in [1.165, 1.54) is 6.07 Å². The molecule has 2 aromatic carbocycles. The van der Waals surface area contributed by atoms with Gasteiger partial charge in [-0.15, -0.1) is 0 Å². The lowest BCUT2D eigenvalue weighted by Gasteiger charge is -2.32. The highest BCUT2D eigenvalue weighted by atomic mass is 19.1. The van der Waals surface area contributed by atoms with E-state index in [4.69, 9.17) is 0 Å². The average Bonchev–Trinajstić information content (AvgIpc) is 3.45. The van der Waals surface area contributed by atoms with Gasteiger partial charge in [0.05, 0.1) is 5.41 Å². The van der Waals surface area contributed by atoms with Crippen LogP contribution >= 0.6 is 0 Å². The molecule has 1 saturated heterocycles. The number of hydrogen-bond donors (Lipinski definition) is 0. The van der Waals surface area contributed by atoms with E-state index in [-0.39, 0.29) is 23.5 Å². The standard InChI is InChI=1S/C26H31FN2O2/c1-28(2)25(31)26(15-16-29(18-26)24(30)19-9-3-4-10-19)17-20-11-5-6-12-21(20)22-13-7-8-14-23(22)27/h5-8,11-14,19H,3-4,9-10,15-18H2,1-2H3/t26-/m1/s1. The Morgan fingerprint density at radius 3 is 2.35 bits per heavy atom. The third-order valence-electron chi connectivity index (χ3n) is 6.94. The van der Waals surface area contributed by atoms with E-state index in [1.807, 2.05) is 35.2 Å². The largest absolute Gasteiger partial charge is 0.348 e. The molecule has 0 spiro atoms. The number of hydrogen-bond acceptors (Lipinski definition) is 2. The summed E-state index contributed by atoms with van der Waals surface area (Å²) < 4.78 is 14.6. The van der Waals surface area contributed by atoms with Crippen molar-refractivity contribution < 1.29 is 14.0 Å². The van der Waals surface area contributed by atoms with Gasteiger partial charge in [0.15, 0.2) is 0 Å². The van der Waals surface area contributed by atoms with Crippen molar-refractivity contribution in [2.45, 2.75) is 38.5 Å². The molecule has 1 aliphatic heterocycles. The second-order valence-corrected chi connectivity index (χ2v) is 9.28. The molecule has 0 radical (unpaired) electrons. The maximum absolute atomic E-state index is 14.6. The van der Waals surface area contributed by atoms with Gasteiger partial charge in [-0.25, -0.2) is 4.39 Å². The molecular weight excluding hydrogens is 391 g/mol. The van der Waals surface area contributed by atoms with E-state index in [9.17, 15) is 14.0 Å². The van der Waals surface area contributed by atoms with Crippen LogP contribution in [-0.4, -0.2) is 48.8 Å². The number of nitrogens with zero attached hydrogens (tertiary/aromatic N) is 2. The third kappa shape index (κ3) is 4.23. The lowest BCUT2D eigenvalue weighted by Crippen LogP contribution is -2.45. The van der Waals surface area contributed by atoms with Crippen molar-refractivity contribution in [1.29, 1.82) is 0 Å². The number of halogens is 1. The first-order valence-corrected chi connectivity index (χ1v) is 11.2. The first kappa shape index (κ1) is 21.5. The zero-order chi connectivity index (χ0) is 22.0. The van der Waals surface area contributed by atoms with Gasteiger partial charge >= 0.3 is 0 Å². The minimum absolute atomic E-state index is 0.0394. The molecule has 4 nitrogen and oxygen atoms in total. The van der Waals surface area contributed by atoms with Gasteiger partial charge in [0.25, 0.3) is 0 Å². The summed E-state index contributed by atoms with van der Waals surface area (Å²) in [5.74, 6) is 0.0780. The molecule has 2 fully saturated rings. The Hall–Kier alpha value is -2.69. The van der Waals surface area contributed by atoms with Crippen LogP contribution in [0, 0.1) is 17.2 Å². The van der Waals surface area contributed by atoms with Gasteiger partial charge in [-0.2, -0.15) is 0 Å². The summed E-state index contributed by atoms with van der Waals surface area (Å²) in [4.78, 5) is 30.0. The Bertz CT molecular complexity index is 967. The molecule has 1 saturated carbocycles. The number of likely N-dealkylation sites (tertiary alicyclic amines) is 1. The number of carbonyl (C=O) groups is 2. The van der Waals surface area contributed by atoms with Crippen LogP contribution in [0.4, 0.5) is 4.39 Å². The highest BCUT2D eigenvalue weighted by Gasteiger charge is 2.48. The first-order chi connectivity index (χ1) is 14.9. The predicted molar refractivity (Wildman–Crippen MR) is 120 cm³/mol. The Morgan fingerprint density at radius 2 is 1.68 bits per heavy atom. The fourth-order valence-electron chi connectivity index (χ4n) is 5.34. The molecule has 31 heavy (non-hydrogen) atoms. The monoisotopic (exact) mass is 422 g/mol. The Balaban J connectivity index is 1.66. The lowest BCUT2D eigenvalue weighted by atomic mass is 9.77. The predicted octanol–water partition coefficient (Wildman–Crippen LogP) is 4.53. The normalized spacial score (nSPS) is 21.5. The van der Waals surface area contributed by atoms with Gasteiger partial charge in [0.1, 0.15) is 5.82 Å². The van der Waals surface area contributed by atoms with Crippen LogP contribution in [0.1, 0.15) is 37.7 Å². The molecule has 2 aliphatic rings. The van der Waals surface area contributed by atoms with Crippen molar-refractivity contribution in [3.63, 3.8) is 0 Å². The maximum atomic E-state index is 14.6.